The molecule has 0 fully saturated rings. The standard InChI is InChI=1S/C17H14F3NO2/c1-23-13-6-4-5-12(11-13)9-10-16(22)21-15-8-3-2-7-14(15)17(18,19)20/h2-11H,1H3,(H,21,22)/b10-9+. The lowest BCUT2D eigenvalue weighted by Crippen LogP contribution is -2.14. The van der Waals surface area contributed by atoms with Crippen molar-refractivity contribution in [1.82, 2.24) is 0 Å². The number of rotatable bonds is 4. The molecule has 0 bridgehead atoms. The molecule has 0 aliphatic carbocycles. The number of ether oxygens (including phenoxy) is 1. The van der Waals surface area contributed by atoms with E-state index in [4.69, 9.17) is 4.74 Å². The van der Waals surface area contributed by atoms with Crippen LogP contribution in [-0.4, -0.2) is 13.0 Å². The summed E-state index contributed by atoms with van der Waals surface area (Å²) >= 11 is 0. The summed E-state index contributed by atoms with van der Waals surface area (Å²) in [5, 5.41) is 2.24. The maximum Gasteiger partial charge on any atom is 0.418 e. The third kappa shape index (κ3) is 4.60. The van der Waals surface area contributed by atoms with Gasteiger partial charge in [-0.15, -0.1) is 0 Å². The van der Waals surface area contributed by atoms with Gasteiger partial charge in [0.25, 0.3) is 0 Å². The molecular weight excluding hydrogens is 307 g/mol. The lowest BCUT2D eigenvalue weighted by Gasteiger charge is -2.12. The number of hydrogen-bond donors (Lipinski definition) is 1. The summed E-state index contributed by atoms with van der Waals surface area (Å²) in [7, 11) is 1.52. The summed E-state index contributed by atoms with van der Waals surface area (Å²) in [4.78, 5) is 11.8. The number of carbonyl (C=O) groups is 1. The quantitative estimate of drug-likeness (QED) is 0.850. The van der Waals surface area contributed by atoms with Crippen LogP contribution in [0.5, 0.6) is 5.75 Å². The molecule has 0 heterocycles. The summed E-state index contributed by atoms with van der Waals surface area (Å²) in [5.74, 6) is -0.0282. The Hall–Kier alpha value is -2.76. The van der Waals surface area contributed by atoms with Gasteiger partial charge in [0, 0.05) is 6.08 Å². The van der Waals surface area contributed by atoms with Gasteiger partial charge in [-0.1, -0.05) is 24.3 Å². The van der Waals surface area contributed by atoms with E-state index in [-0.39, 0.29) is 5.69 Å². The van der Waals surface area contributed by atoms with Crippen LogP contribution in [0.3, 0.4) is 0 Å². The number of nitrogens with one attached hydrogen (secondary N) is 1. The van der Waals surface area contributed by atoms with Crippen molar-refractivity contribution >= 4 is 17.7 Å². The molecular formula is C17H14F3NO2. The van der Waals surface area contributed by atoms with Crippen molar-refractivity contribution in [3.63, 3.8) is 0 Å². The van der Waals surface area contributed by atoms with Crippen LogP contribution in [0, 0.1) is 0 Å². The van der Waals surface area contributed by atoms with Crippen molar-refractivity contribution in [1.29, 1.82) is 0 Å². The number of hydrogen-bond acceptors (Lipinski definition) is 2. The first kappa shape index (κ1) is 16.6. The van der Waals surface area contributed by atoms with Gasteiger partial charge in [0.2, 0.25) is 5.91 Å². The van der Waals surface area contributed by atoms with E-state index in [2.05, 4.69) is 5.32 Å². The monoisotopic (exact) mass is 321 g/mol. The second kappa shape index (κ2) is 7.00. The Bertz CT molecular complexity index is 724. The summed E-state index contributed by atoms with van der Waals surface area (Å²) < 4.78 is 43.6. The van der Waals surface area contributed by atoms with Gasteiger partial charge in [-0.25, -0.2) is 0 Å². The predicted octanol–water partition coefficient (Wildman–Crippen LogP) is 4.37. The van der Waals surface area contributed by atoms with E-state index in [1.807, 2.05) is 0 Å². The maximum atomic E-state index is 12.8. The minimum atomic E-state index is -4.53. The zero-order valence-corrected chi connectivity index (χ0v) is 12.2. The van der Waals surface area contributed by atoms with Crippen molar-refractivity contribution in [2.45, 2.75) is 6.18 Å². The van der Waals surface area contributed by atoms with E-state index in [0.717, 1.165) is 6.07 Å². The van der Waals surface area contributed by atoms with Gasteiger partial charge in [0.05, 0.1) is 18.4 Å². The van der Waals surface area contributed by atoms with Crippen LogP contribution in [0.25, 0.3) is 6.08 Å². The molecule has 0 spiro atoms. The highest BCUT2D eigenvalue weighted by molar-refractivity contribution is 6.02. The van der Waals surface area contributed by atoms with Crippen molar-refractivity contribution in [2.75, 3.05) is 12.4 Å². The zero-order valence-electron chi connectivity index (χ0n) is 12.2. The van der Waals surface area contributed by atoms with Gasteiger partial charge in [0.1, 0.15) is 5.75 Å². The number of benzene rings is 2. The Morgan fingerprint density at radius 1 is 1.13 bits per heavy atom. The molecule has 2 aromatic rings. The largest absolute Gasteiger partial charge is 0.497 e. The highest BCUT2D eigenvalue weighted by Gasteiger charge is 2.33. The lowest BCUT2D eigenvalue weighted by molar-refractivity contribution is -0.136. The minimum Gasteiger partial charge on any atom is -0.497 e. The van der Waals surface area contributed by atoms with Crippen LogP contribution in [0.1, 0.15) is 11.1 Å². The summed E-state index contributed by atoms with van der Waals surface area (Å²) in [6, 6.07) is 11.8. The topological polar surface area (TPSA) is 38.3 Å². The molecule has 120 valence electrons. The van der Waals surface area contributed by atoms with Crippen molar-refractivity contribution in [3.05, 3.63) is 65.7 Å². The molecule has 0 atom stereocenters. The number of halogens is 3. The van der Waals surface area contributed by atoms with E-state index in [1.54, 1.807) is 24.3 Å². The number of anilines is 1. The van der Waals surface area contributed by atoms with E-state index in [1.165, 1.54) is 37.5 Å². The fourth-order valence-corrected chi connectivity index (χ4v) is 1.93. The van der Waals surface area contributed by atoms with Gasteiger partial charge in [0.15, 0.2) is 0 Å². The molecule has 0 aliphatic heterocycles. The smallest absolute Gasteiger partial charge is 0.418 e. The SMILES string of the molecule is COc1cccc(/C=C/C(=O)Nc2ccccc2C(F)(F)F)c1. The first-order chi connectivity index (χ1) is 10.9. The molecule has 0 aromatic heterocycles. The summed E-state index contributed by atoms with van der Waals surface area (Å²) in [5.41, 5.74) is -0.466. The zero-order chi connectivity index (χ0) is 16.9. The Balaban J connectivity index is 2.12. The first-order valence-corrected chi connectivity index (χ1v) is 6.69. The fraction of sp³-hybridized carbons (Fsp3) is 0.118. The Kier molecular flexibility index (Phi) is 5.05. The van der Waals surface area contributed by atoms with Crippen LogP contribution in [-0.2, 0) is 11.0 Å². The lowest BCUT2D eigenvalue weighted by atomic mass is 10.1. The van der Waals surface area contributed by atoms with E-state index >= 15 is 0 Å². The Labute approximate surface area is 131 Å². The van der Waals surface area contributed by atoms with Gasteiger partial charge in [-0.05, 0) is 35.9 Å². The molecule has 0 unspecified atom stereocenters. The molecule has 23 heavy (non-hydrogen) atoms. The normalized spacial score (nSPS) is 11.5. The van der Waals surface area contributed by atoms with Gasteiger partial charge < -0.3 is 10.1 Å². The summed E-state index contributed by atoms with van der Waals surface area (Å²) in [6.07, 6.45) is -1.86. The first-order valence-electron chi connectivity index (χ1n) is 6.69. The van der Waals surface area contributed by atoms with Gasteiger partial charge in [-0.3, -0.25) is 4.79 Å². The van der Waals surface area contributed by atoms with Crippen molar-refractivity contribution in [2.24, 2.45) is 0 Å². The molecule has 0 saturated heterocycles. The Morgan fingerprint density at radius 3 is 2.57 bits per heavy atom. The van der Waals surface area contributed by atoms with E-state index in [9.17, 15) is 18.0 Å². The Morgan fingerprint density at radius 2 is 1.87 bits per heavy atom. The molecule has 0 saturated carbocycles. The number of para-hydroxylation sites is 1. The third-order valence-corrected chi connectivity index (χ3v) is 3.01. The molecule has 6 heteroatoms. The third-order valence-electron chi connectivity index (χ3n) is 3.01. The van der Waals surface area contributed by atoms with Gasteiger partial charge in [-0.2, -0.15) is 13.2 Å². The number of carbonyl (C=O) groups excluding carboxylic acids is 1. The number of methoxy groups -OCH3 is 1. The van der Waals surface area contributed by atoms with E-state index < -0.39 is 17.6 Å². The van der Waals surface area contributed by atoms with E-state index in [0.29, 0.717) is 11.3 Å². The summed E-state index contributed by atoms with van der Waals surface area (Å²) in [6.45, 7) is 0. The molecule has 3 nitrogen and oxygen atoms in total. The van der Waals surface area contributed by atoms with Crippen LogP contribution in [0.15, 0.2) is 54.6 Å². The molecule has 1 amide bonds. The predicted molar refractivity (Wildman–Crippen MR) is 82.1 cm³/mol. The fourth-order valence-electron chi connectivity index (χ4n) is 1.93. The van der Waals surface area contributed by atoms with Crippen molar-refractivity contribution < 1.29 is 22.7 Å². The maximum absolute atomic E-state index is 12.8. The highest BCUT2D eigenvalue weighted by atomic mass is 19.4. The number of alkyl halides is 3. The molecule has 2 rings (SSSR count). The van der Waals surface area contributed by atoms with Crippen molar-refractivity contribution in [3.8, 4) is 5.75 Å². The minimum absolute atomic E-state index is 0.278. The van der Waals surface area contributed by atoms with Gasteiger partial charge >= 0.3 is 6.18 Å². The van der Waals surface area contributed by atoms with Crippen LogP contribution < -0.4 is 10.1 Å². The number of amides is 1. The van der Waals surface area contributed by atoms with Crippen LogP contribution in [0.2, 0.25) is 0 Å². The van der Waals surface area contributed by atoms with Crippen LogP contribution >= 0.6 is 0 Å². The second-order valence-electron chi connectivity index (χ2n) is 4.64. The molecule has 0 radical (unpaired) electrons. The molecule has 1 N–H and O–H groups in total. The average molecular weight is 321 g/mol. The highest BCUT2D eigenvalue weighted by Crippen LogP contribution is 2.34. The molecule has 0 aliphatic rings. The second-order valence-corrected chi connectivity index (χ2v) is 4.64. The average Bonchev–Trinajstić information content (AvgIpc) is 2.52. The van der Waals surface area contributed by atoms with Crippen LogP contribution in [0.4, 0.5) is 18.9 Å². The molecule has 2 aromatic carbocycles.